The van der Waals surface area contributed by atoms with E-state index < -0.39 is 17.9 Å². The molecule has 0 aromatic carbocycles. The van der Waals surface area contributed by atoms with Crippen LogP contribution in [0.5, 0.6) is 0 Å². The molecule has 0 saturated heterocycles. The van der Waals surface area contributed by atoms with E-state index >= 15 is 0 Å². The van der Waals surface area contributed by atoms with Crippen LogP contribution in [-0.2, 0) is 9.59 Å². The van der Waals surface area contributed by atoms with Gasteiger partial charge in [-0.2, -0.15) is 0 Å². The van der Waals surface area contributed by atoms with Gasteiger partial charge in [0.2, 0.25) is 0 Å². The first-order chi connectivity index (χ1) is 10.5. The van der Waals surface area contributed by atoms with Crippen LogP contribution in [0.15, 0.2) is 22.5 Å². The van der Waals surface area contributed by atoms with E-state index in [0.29, 0.717) is 13.0 Å². The third-order valence-electron chi connectivity index (χ3n) is 4.92. The zero-order chi connectivity index (χ0) is 16.0. The monoisotopic (exact) mass is 303 g/mol. The lowest BCUT2D eigenvalue weighted by Gasteiger charge is -2.42. The van der Waals surface area contributed by atoms with Gasteiger partial charge in [-0.3, -0.25) is 0 Å². The fourth-order valence-corrected chi connectivity index (χ4v) is 3.76. The van der Waals surface area contributed by atoms with Crippen LogP contribution in [0, 0.1) is 17.8 Å². The molecule has 3 rings (SSSR count). The SMILES string of the molecule is CCC1C(C(=O)[O-])=C(C2CC2)N(CC)C(C2CC2)=C1C(=O)[O-]. The molecule has 1 aliphatic heterocycles. The summed E-state index contributed by atoms with van der Waals surface area (Å²) in [7, 11) is 0. The molecule has 0 aromatic rings. The van der Waals surface area contributed by atoms with Crippen molar-refractivity contribution in [1.29, 1.82) is 0 Å². The predicted molar refractivity (Wildman–Crippen MR) is 75.7 cm³/mol. The summed E-state index contributed by atoms with van der Waals surface area (Å²) in [4.78, 5) is 25.5. The summed E-state index contributed by atoms with van der Waals surface area (Å²) < 4.78 is 0. The van der Waals surface area contributed by atoms with Gasteiger partial charge in [0.25, 0.3) is 0 Å². The Balaban J connectivity index is 2.20. The van der Waals surface area contributed by atoms with Crippen LogP contribution in [0.2, 0.25) is 0 Å². The van der Waals surface area contributed by atoms with Crippen molar-refractivity contribution in [2.75, 3.05) is 6.54 Å². The highest BCUT2D eigenvalue weighted by Crippen LogP contribution is 2.52. The van der Waals surface area contributed by atoms with Crippen LogP contribution in [0.4, 0.5) is 0 Å². The van der Waals surface area contributed by atoms with Crippen molar-refractivity contribution < 1.29 is 19.8 Å². The average molecular weight is 303 g/mol. The number of rotatable bonds is 6. The van der Waals surface area contributed by atoms with E-state index in [1.807, 2.05) is 18.7 Å². The quantitative estimate of drug-likeness (QED) is 0.699. The minimum atomic E-state index is -1.24. The Morgan fingerprint density at radius 2 is 1.36 bits per heavy atom. The van der Waals surface area contributed by atoms with Gasteiger partial charge in [0.15, 0.2) is 0 Å². The van der Waals surface area contributed by atoms with E-state index in [-0.39, 0.29) is 23.0 Å². The van der Waals surface area contributed by atoms with Crippen LogP contribution in [0.1, 0.15) is 46.0 Å². The normalized spacial score (nSPS) is 23.3. The molecule has 0 N–H and O–H groups in total. The number of hydrogen-bond donors (Lipinski definition) is 0. The Morgan fingerprint density at radius 3 is 1.59 bits per heavy atom. The van der Waals surface area contributed by atoms with Crippen molar-refractivity contribution in [3.05, 3.63) is 22.5 Å². The van der Waals surface area contributed by atoms with Crippen molar-refractivity contribution >= 4 is 11.9 Å². The zero-order valence-corrected chi connectivity index (χ0v) is 13.1. The minimum absolute atomic E-state index is 0.176. The van der Waals surface area contributed by atoms with Crippen molar-refractivity contribution in [2.45, 2.75) is 46.0 Å². The minimum Gasteiger partial charge on any atom is -0.545 e. The highest BCUT2D eigenvalue weighted by atomic mass is 16.4. The second-order valence-electron chi connectivity index (χ2n) is 6.43. The summed E-state index contributed by atoms with van der Waals surface area (Å²) in [6, 6.07) is 0. The maximum atomic E-state index is 11.8. The molecule has 5 nitrogen and oxygen atoms in total. The van der Waals surface area contributed by atoms with Crippen molar-refractivity contribution in [3.8, 4) is 0 Å². The molecule has 2 saturated carbocycles. The summed E-state index contributed by atoms with van der Waals surface area (Å²) in [6.45, 7) is 4.35. The second-order valence-corrected chi connectivity index (χ2v) is 6.43. The lowest BCUT2D eigenvalue weighted by molar-refractivity contribution is -0.301. The van der Waals surface area contributed by atoms with Gasteiger partial charge < -0.3 is 24.7 Å². The summed E-state index contributed by atoms with van der Waals surface area (Å²) in [5.41, 5.74) is 1.97. The predicted octanol–water partition coefficient (Wildman–Crippen LogP) is 0.176. The van der Waals surface area contributed by atoms with Crippen molar-refractivity contribution in [2.24, 2.45) is 17.8 Å². The standard InChI is InChI=1S/C17H23NO4/c1-3-11-12(16(19)20)14(9-5-6-9)18(4-2)15(10-7-8-10)13(11)17(21)22/h9-11H,3-8H2,1-2H3,(H,19,20)(H,21,22)/p-2. The first-order valence-corrected chi connectivity index (χ1v) is 8.19. The van der Waals surface area contributed by atoms with Gasteiger partial charge in [-0.25, -0.2) is 0 Å². The van der Waals surface area contributed by atoms with Crippen LogP contribution >= 0.6 is 0 Å². The largest absolute Gasteiger partial charge is 0.545 e. The van der Waals surface area contributed by atoms with Crippen molar-refractivity contribution in [1.82, 2.24) is 4.90 Å². The molecule has 2 aliphatic carbocycles. The number of allylic oxidation sites excluding steroid dienone is 2. The van der Waals surface area contributed by atoms with Gasteiger partial charge in [0, 0.05) is 35.0 Å². The molecule has 3 aliphatic rings. The number of carbonyl (C=O) groups excluding carboxylic acids is 2. The molecule has 0 aromatic heterocycles. The highest BCUT2D eigenvalue weighted by molar-refractivity contribution is 5.95. The molecule has 0 atom stereocenters. The van der Waals surface area contributed by atoms with Gasteiger partial charge in [-0.15, -0.1) is 0 Å². The summed E-state index contributed by atoms with van der Waals surface area (Å²) in [5, 5.41) is 23.5. The topological polar surface area (TPSA) is 83.5 Å². The summed E-state index contributed by atoms with van der Waals surface area (Å²) in [5.74, 6) is -2.61. The van der Waals surface area contributed by atoms with Gasteiger partial charge in [-0.05, 0) is 50.9 Å². The fraction of sp³-hybridized carbons (Fsp3) is 0.647. The molecule has 0 spiro atoms. The van der Waals surface area contributed by atoms with Gasteiger partial charge in [-0.1, -0.05) is 6.92 Å². The first kappa shape index (κ1) is 15.1. The molecule has 5 heteroatoms. The molecule has 0 amide bonds. The highest BCUT2D eigenvalue weighted by Gasteiger charge is 2.44. The maximum Gasteiger partial charge on any atom is 0.0698 e. The van der Waals surface area contributed by atoms with Crippen LogP contribution in [-0.4, -0.2) is 23.4 Å². The number of carboxylic acid groups (broad SMARTS) is 2. The van der Waals surface area contributed by atoms with Crippen LogP contribution < -0.4 is 10.2 Å². The molecular formula is C17H21NO4-2. The molecule has 22 heavy (non-hydrogen) atoms. The Morgan fingerprint density at radius 1 is 0.955 bits per heavy atom. The van der Waals surface area contributed by atoms with E-state index in [2.05, 4.69) is 0 Å². The Hall–Kier alpha value is -1.78. The third-order valence-corrected chi connectivity index (χ3v) is 4.92. The van der Waals surface area contributed by atoms with E-state index in [0.717, 1.165) is 37.1 Å². The van der Waals surface area contributed by atoms with Gasteiger partial charge in [0.1, 0.15) is 0 Å². The maximum absolute atomic E-state index is 11.8. The van der Waals surface area contributed by atoms with E-state index in [1.54, 1.807) is 0 Å². The van der Waals surface area contributed by atoms with Gasteiger partial charge in [0.05, 0.1) is 11.9 Å². The zero-order valence-electron chi connectivity index (χ0n) is 13.1. The van der Waals surface area contributed by atoms with Gasteiger partial charge >= 0.3 is 0 Å². The summed E-state index contributed by atoms with van der Waals surface area (Å²) >= 11 is 0. The second kappa shape index (κ2) is 5.45. The third kappa shape index (κ3) is 2.32. The number of hydrogen-bond acceptors (Lipinski definition) is 5. The summed E-state index contributed by atoms with van der Waals surface area (Å²) in [6.07, 6.45) is 4.32. The molecule has 1 heterocycles. The molecule has 120 valence electrons. The molecule has 0 unspecified atom stereocenters. The van der Waals surface area contributed by atoms with E-state index in [4.69, 9.17) is 0 Å². The van der Waals surface area contributed by atoms with E-state index in [1.165, 1.54) is 0 Å². The number of carbonyl (C=O) groups is 2. The van der Waals surface area contributed by atoms with Crippen LogP contribution in [0.25, 0.3) is 0 Å². The molecular weight excluding hydrogens is 282 g/mol. The average Bonchev–Trinajstić information content (AvgIpc) is 3.36. The number of nitrogens with zero attached hydrogens (tertiary/aromatic N) is 1. The van der Waals surface area contributed by atoms with Crippen molar-refractivity contribution in [3.63, 3.8) is 0 Å². The Kier molecular flexibility index (Phi) is 3.75. The Labute approximate surface area is 130 Å². The molecule has 2 fully saturated rings. The molecule has 0 radical (unpaired) electrons. The van der Waals surface area contributed by atoms with E-state index in [9.17, 15) is 19.8 Å². The van der Waals surface area contributed by atoms with Crippen LogP contribution in [0.3, 0.4) is 0 Å². The fourth-order valence-electron chi connectivity index (χ4n) is 3.76. The number of carboxylic acids is 2. The lowest BCUT2D eigenvalue weighted by atomic mass is 9.80. The smallest absolute Gasteiger partial charge is 0.0698 e. The Bertz CT molecular complexity index is 533. The number of aliphatic carboxylic acids is 2. The first-order valence-electron chi connectivity index (χ1n) is 8.19. The molecule has 0 bridgehead atoms. The lowest BCUT2D eigenvalue weighted by Crippen LogP contribution is -2.44.